The summed E-state index contributed by atoms with van der Waals surface area (Å²) in [6.07, 6.45) is 3.23. The molecular weight excluding hydrogens is 222 g/mol. The van der Waals surface area contributed by atoms with E-state index < -0.39 is 0 Å². The standard InChI is InChI=1S/C11H19N3OS/c1-12-10(11-8-16-6-5-15-11)7-9-3-4-14(2)13-9/h3-4,10-12H,5-8H2,1-2H3. The third kappa shape index (κ3) is 2.99. The zero-order valence-electron chi connectivity index (χ0n) is 9.85. The molecule has 1 aliphatic rings. The van der Waals surface area contributed by atoms with Crippen LogP contribution in [-0.2, 0) is 18.2 Å². The molecule has 90 valence electrons. The molecule has 0 radical (unpaired) electrons. The van der Waals surface area contributed by atoms with Crippen LogP contribution in [0.15, 0.2) is 12.3 Å². The number of aromatic nitrogens is 2. The summed E-state index contributed by atoms with van der Waals surface area (Å²) in [6.45, 7) is 0.871. The van der Waals surface area contributed by atoms with Gasteiger partial charge in [-0.1, -0.05) is 0 Å². The fraction of sp³-hybridized carbons (Fsp3) is 0.727. The predicted octanol–water partition coefficient (Wildman–Crippen LogP) is 0.683. The van der Waals surface area contributed by atoms with Gasteiger partial charge in [0.2, 0.25) is 0 Å². The molecule has 2 heterocycles. The molecule has 1 aromatic heterocycles. The third-order valence-electron chi connectivity index (χ3n) is 2.86. The highest BCUT2D eigenvalue weighted by atomic mass is 32.2. The fourth-order valence-corrected chi connectivity index (χ4v) is 2.90. The Labute approximate surface area is 101 Å². The summed E-state index contributed by atoms with van der Waals surface area (Å²) >= 11 is 1.97. The molecule has 0 aliphatic carbocycles. The van der Waals surface area contributed by atoms with Crippen molar-refractivity contribution in [1.82, 2.24) is 15.1 Å². The Kier molecular flexibility index (Phi) is 4.26. The van der Waals surface area contributed by atoms with Crippen molar-refractivity contribution in [2.45, 2.75) is 18.6 Å². The zero-order chi connectivity index (χ0) is 11.4. The number of hydrogen-bond donors (Lipinski definition) is 1. The third-order valence-corrected chi connectivity index (χ3v) is 3.88. The lowest BCUT2D eigenvalue weighted by atomic mass is 10.1. The summed E-state index contributed by atoms with van der Waals surface area (Å²) in [5.74, 6) is 2.20. The lowest BCUT2D eigenvalue weighted by Crippen LogP contribution is -2.44. The van der Waals surface area contributed by atoms with Crippen LogP contribution in [0.5, 0.6) is 0 Å². The van der Waals surface area contributed by atoms with E-state index in [1.165, 1.54) is 0 Å². The molecule has 0 saturated carbocycles. The molecule has 16 heavy (non-hydrogen) atoms. The molecule has 1 N–H and O–H groups in total. The summed E-state index contributed by atoms with van der Waals surface area (Å²) in [6, 6.07) is 2.43. The van der Waals surface area contributed by atoms with Crippen molar-refractivity contribution in [3.8, 4) is 0 Å². The molecule has 2 unspecified atom stereocenters. The Morgan fingerprint density at radius 3 is 3.19 bits per heavy atom. The minimum Gasteiger partial charge on any atom is -0.375 e. The zero-order valence-corrected chi connectivity index (χ0v) is 10.7. The van der Waals surface area contributed by atoms with Gasteiger partial charge in [-0.15, -0.1) is 0 Å². The van der Waals surface area contributed by atoms with E-state index in [-0.39, 0.29) is 0 Å². The number of aryl methyl sites for hydroxylation is 1. The van der Waals surface area contributed by atoms with Crippen molar-refractivity contribution in [2.75, 3.05) is 25.2 Å². The van der Waals surface area contributed by atoms with Crippen LogP contribution in [0.3, 0.4) is 0 Å². The fourth-order valence-electron chi connectivity index (χ4n) is 1.96. The Balaban J connectivity index is 1.94. The summed E-state index contributed by atoms with van der Waals surface area (Å²) < 4.78 is 7.64. The molecule has 0 bridgehead atoms. The van der Waals surface area contributed by atoms with Crippen molar-refractivity contribution >= 4 is 11.8 Å². The Morgan fingerprint density at radius 2 is 2.62 bits per heavy atom. The Hall–Kier alpha value is -0.520. The molecule has 2 atom stereocenters. The van der Waals surface area contributed by atoms with Crippen LogP contribution >= 0.6 is 11.8 Å². The Bertz CT molecular complexity index is 323. The normalized spacial score (nSPS) is 23.2. The molecule has 1 saturated heterocycles. The van der Waals surface area contributed by atoms with Crippen LogP contribution < -0.4 is 5.32 Å². The van der Waals surface area contributed by atoms with E-state index in [0.29, 0.717) is 12.1 Å². The van der Waals surface area contributed by atoms with E-state index in [1.54, 1.807) is 0 Å². The first kappa shape index (κ1) is 12.0. The van der Waals surface area contributed by atoms with Crippen molar-refractivity contribution in [3.05, 3.63) is 18.0 Å². The number of nitrogens with zero attached hydrogens (tertiary/aromatic N) is 2. The van der Waals surface area contributed by atoms with Gasteiger partial charge in [0.1, 0.15) is 0 Å². The summed E-state index contributed by atoms with van der Waals surface area (Å²) in [7, 11) is 3.95. The molecular formula is C11H19N3OS. The molecule has 0 amide bonds. The van der Waals surface area contributed by atoms with E-state index in [1.807, 2.05) is 36.7 Å². The van der Waals surface area contributed by atoms with Gasteiger partial charge in [-0.05, 0) is 13.1 Å². The van der Waals surface area contributed by atoms with Gasteiger partial charge < -0.3 is 10.1 Å². The summed E-state index contributed by atoms with van der Waals surface area (Å²) in [5.41, 5.74) is 1.13. The molecule has 0 aromatic carbocycles. The average molecular weight is 241 g/mol. The van der Waals surface area contributed by atoms with Crippen molar-refractivity contribution in [2.24, 2.45) is 7.05 Å². The maximum atomic E-state index is 5.79. The molecule has 1 aromatic rings. The highest BCUT2D eigenvalue weighted by Gasteiger charge is 2.24. The smallest absolute Gasteiger partial charge is 0.0822 e. The Morgan fingerprint density at radius 1 is 1.75 bits per heavy atom. The molecule has 1 aliphatic heterocycles. The number of rotatable bonds is 4. The second-order valence-corrected chi connectivity index (χ2v) is 5.21. The van der Waals surface area contributed by atoms with E-state index in [2.05, 4.69) is 16.5 Å². The van der Waals surface area contributed by atoms with E-state index in [4.69, 9.17) is 4.74 Å². The highest BCUT2D eigenvalue weighted by molar-refractivity contribution is 7.99. The van der Waals surface area contributed by atoms with Gasteiger partial charge in [-0.25, -0.2) is 0 Å². The quantitative estimate of drug-likeness (QED) is 0.841. The topological polar surface area (TPSA) is 39.1 Å². The second kappa shape index (κ2) is 5.70. The van der Waals surface area contributed by atoms with E-state index in [0.717, 1.165) is 30.2 Å². The maximum absolute atomic E-state index is 5.79. The molecule has 0 spiro atoms. The number of thioether (sulfide) groups is 1. The van der Waals surface area contributed by atoms with Crippen molar-refractivity contribution < 1.29 is 4.74 Å². The molecule has 5 heteroatoms. The minimum absolute atomic E-state index is 0.311. The van der Waals surface area contributed by atoms with Crippen LogP contribution in [-0.4, -0.2) is 47.1 Å². The number of hydrogen-bond acceptors (Lipinski definition) is 4. The predicted molar refractivity (Wildman–Crippen MR) is 66.8 cm³/mol. The van der Waals surface area contributed by atoms with E-state index >= 15 is 0 Å². The van der Waals surface area contributed by atoms with Crippen molar-refractivity contribution in [3.63, 3.8) is 0 Å². The van der Waals surface area contributed by atoms with Gasteiger partial charge in [-0.2, -0.15) is 16.9 Å². The molecule has 4 nitrogen and oxygen atoms in total. The van der Waals surface area contributed by atoms with Crippen LogP contribution in [0, 0.1) is 0 Å². The largest absolute Gasteiger partial charge is 0.375 e. The van der Waals surface area contributed by atoms with Gasteiger partial charge in [0.15, 0.2) is 0 Å². The van der Waals surface area contributed by atoms with Gasteiger partial charge in [0.25, 0.3) is 0 Å². The van der Waals surface area contributed by atoms with E-state index in [9.17, 15) is 0 Å². The highest BCUT2D eigenvalue weighted by Crippen LogP contribution is 2.17. The second-order valence-electron chi connectivity index (χ2n) is 4.06. The van der Waals surface area contributed by atoms with Gasteiger partial charge in [0, 0.05) is 37.2 Å². The first-order valence-corrected chi connectivity index (χ1v) is 6.80. The van der Waals surface area contributed by atoms with Crippen LogP contribution in [0.25, 0.3) is 0 Å². The summed E-state index contributed by atoms with van der Waals surface area (Å²) in [4.78, 5) is 0. The SMILES string of the molecule is CNC(Cc1ccn(C)n1)C1CSCCO1. The van der Waals surface area contributed by atoms with Gasteiger partial charge >= 0.3 is 0 Å². The average Bonchev–Trinajstić information content (AvgIpc) is 2.73. The lowest BCUT2D eigenvalue weighted by molar-refractivity contribution is 0.0489. The minimum atomic E-state index is 0.311. The first-order valence-electron chi connectivity index (χ1n) is 5.64. The van der Waals surface area contributed by atoms with Crippen LogP contribution in [0.1, 0.15) is 5.69 Å². The monoisotopic (exact) mass is 241 g/mol. The van der Waals surface area contributed by atoms with Gasteiger partial charge in [-0.3, -0.25) is 4.68 Å². The first-order chi connectivity index (χ1) is 7.79. The lowest BCUT2D eigenvalue weighted by Gasteiger charge is -2.29. The maximum Gasteiger partial charge on any atom is 0.0822 e. The van der Waals surface area contributed by atoms with Crippen LogP contribution in [0.4, 0.5) is 0 Å². The number of likely N-dealkylation sites (N-methyl/N-ethyl adjacent to an activating group) is 1. The molecule has 1 fully saturated rings. The number of nitrogens with one attached hydrogen (secondary N) is 1. The molecule has 2 rings (SSSR count). The van der Waals surface area contributed by atoms with Crippen molar-refractivity contribution in [1.29, 1.82) is 0 Å². The summed E-state index contributed by atoms with van der Waals surface area (Å²) in [5, 5.41) is 7.75. The van der Waals surface area contributed by atoms with Gasteiger partial charge in [0.05, 0.1) is 18.4 Å². The van der Waals surface area contributed by atoms with Crippen LogP contribution in [0.2, 0.25) is 0 Å². The number of ether oxygens (including phenoxy) is 1.